The summed E-state index contributed by atoms with van der Waals surface area (Å²) in [6.45, 7) is 19.9. The normalized spacial score (nSPS) is 12.0. The highest BCUT2D eigenvalue weighted by Gasteiger charge is 2.22. The first kappa shape index (κ1) is 67.3. The number of hydrogen-bond donors (Lipinski definition) is 0. The molecular weight excluding hydrogens is 1300 g/mol. The Labute approximate surface area is 634 Å². The molecule has 19 rings (SSSR count). The highest BCUT2D eigenvalue weighted by Crippen LogP contribution is 2.48. The fourth-order valence-corrected chi connectivity index (χ4v) is 17.1. The number of hydrogen-bond acceptors (Lipinski definition) is 0. The fraction of sp³-hybridized carbons (Fsp3) is 0.113. The Morgan fingerprint density at radius 2 is 0.352 bits per heavy atom. The van der Waals surface area contributed by atoms with Crippen molar-refractivity contribution < 1.29 is 0 Å². The van der Waals surface area contributed by atoms with E-state index in [9.17, 15) is 0 Å². The van der Waals surface area contributed by atoms with E-state index in [1.165, 1.54) is 198 Å². The third-order valence-electron chi connectivity index (χ3n) is 22.8. The molecule has 2 heterocycles. The Morgan fingerprint density at radius 1 is 0.176 bits per heavy atom. The Morgan fingerprint density at radius 3 is 0.574 bits per heavy atom. The molecule has 0 N–H and O–H groups in total. The average molecular weight is 1390 g/mol. The summed E-state index contributed by atoms with van der Waals surface area (Å²) in [5, 5.41) is 15.4. The molecule has 0 fully saturated rings. The minimum Gasteiger partial charge on any atom is -0.341 e. The molecule has 2 heteroatoms. The molecule has 0 unspecified atom stereocenters. The van der Waals surface area contributed by atoms with Crippen molar-refractivity contribution in [1.29, 1.82) is 0 Å². The second-order valence-electron chi connectivity index (χ2n) is 31.2. The molecule has 0 saturated heterocycles. The van der Waals surface area contributed by atoms with Crippen LogP contribution < -0.4 is 0 Å². The van der Waals surface area contributed by atoms with Gasteiger partial charge in [0.1, 0.15) is 0 Å². The average Bonchev–Trinajstić information content (AvgIpc) is 1.08. The van der Waals surface area contributed by atoms with Crippen LogP contribution in [0.4, 0.5) is 0 Å². The van der Waals surface area contributed by atoms with Gasteiger partial charge in [0.25, 0.3) is 0 Å². The lowest BCUT2D eigenvalue weighted by Gasteiger charge is -2.19. The molecule has 19 aromatic rings. The Bertz CT molecular complexity index is 6500. The van der Waals surface area contributed by atoms with E-state index in [1.807, 2.05) is 0 Å². The monoisotopic (exact) mass is 1390 g/mol. The van der Waals surface area contributed by atoms with E-state index in [1.54, 1.807) is 0 Å². The SMILES string of the molecule is CCn1c2ccccc2c2cc(-c3ccc(-c4c5ccccc5c(-c5ccc(-c6ccc(-c7ccc(C(C)(C)C)cc7)cc6)cc5)c5ccccc45)cc3)ccc21.CCn1c2ccccc2c2cc(-c3ccc(-c4c5ccccc5c(-c5ccc(-c6ccc(C(C)(C)C)cc6)cc5)c5ccccc45)cc3)ccc21. The number of aryl methyl sites for hydroxylation is 2. The zero-order chi connectivity index (χ0) is 73.4. The quantitative estimate of drug-likeness (QED) is 0.114. The summed E-state index contributed by atoms with van der Waals surface area (Å²) >= 11 is 0. The van der Waals surface area contributed by atoms with E-state index in [0.717, 1.165) is 13.1 Å². The van der Waals surface area contributed by atoms with Gasteiger partial charge in [-0.3, -0.25) is 0 Å². The smallest absolute Gasteiger partial charge is 0.0491 e. The first-order valence-electron chi connectivity index (χ1n) is 38.4. The minimum atomic E-state index is 0.144. The summed E-state index contributed by atoms with van der Waals surface area (Å²) in [6.07, 6.45) is 0. The van der Waals surface area contributed by atoms with Crippen LogP contribution in [-0.4, -0.2) is 9.13 Å². The first-order valence-corrected chi connectivity index (χ1v) is 38.4. The number of fused-ring (bicyclic) bond motifs is 10. The van der Waals surface area contributed by atoms with Gasteiger partial charge >= 0.3 is 0 Å². The number of benzene rings is 17. The second-order valence-corrected chi connectivity index (χ2v) is 31.2. The van der Waals surface area contributed by atoms with Gasteiger partial charge in [0.05, 0.1) is 0 Å². The zero-order valence-electron chi connectivity index (χ0n) is 62.8. The zero-order valence-corrected chi connectivity index (χ0v) is 62.8. The van der Waals surface area contributed by atoms with Gasteiger partial charge in [-0.05, 0) is 215 Å². The lowest BCUT2D eigenvalue weighted by atomic mass is 9.85. The van der Waals surface area contributed by atoms with Crippen LogP contribution >= 0.6 is 0 Å². The van der Waals surface area contributed by atoms with Crippen molar-refractivity contribution in [2.45, 2.75) is 79.3 Å². The van der Waals surface area contributed by atoms with E-state index in [2.05, 4.69) is 416 Å². The molecule has 0 radical (unpaired) electrons. The number of para-hydroxylation sites is 2. The first-order chi connectivity index (χ1) is 52.7. The third kappa shape index (κ3) is 12.0. The molecule has 2 nitrogen and oxygen atoms in total. The van der Waals surface area contributed by atoms with Gasteiger partial charge in [-0.25, -0.2) is 0 Å². The maximum Gasteiger partial charge on any atom is 0.0491 e. The number of rotatable bonds is 11. The van der Waals surface area contributed by atoms with Crippen LogP contribution in [0.15, 0.2) is 352 Å². The van der Waals surface area contributed by atoms with Crippen LogP contribution in [0.5, 0.6) is 0 Å². The Kier molecular flexibility index (Phi) is 17.1. The van der Waals surface area contributed by atoms with E-state index >= 15 is 0 Å². The van der Waals surface area contributed by atoms with E-state index in [0.29, 0.717) is 0 Å². The van der Waals surface area contributed by atoms with Crippen molar-refractivity contribution in [2.24, 2.45) is 0 Å². The molecule has 520 valence electrons. The molecule has 108 heavy (non-hydrogen) atoms. The lowest BCUT2D eigenvalue weighted by Crippen LogP contribution is -2.10. The Balaban J connectivity index is 0.000000153. The molecule has 0 atom stereocenters. The lowest BCUT2D eigenvalue weighted by molar-refractivity contribution is 0.590. The van der Waals surface area contributed by atoms with Crippen molar-refractivity contribution in [3.05, 3.63) is 363 Å². The predicted molar refractivity (Wildman–Crippen MR) is 467 cm³/mol. The maximum atomic E-state index is 2.41. The topological polar surface area (TPSA) is 9.86 Å². The van der Waals surface area contributed by atoms with Crippen molar-refractivity contribution >= 4 is 86.7 Å². The van der Waals surface area contributed by atoms with Gasteiger partial charge in [-0.15, -0.1) is 0 Å². The molecule has 0 spiro atoms. The van der Waals surface area contributed by atoms with Gasteiger partial charge in [0.15, 0.2) is 0 Å². The van der Waals surface area contributed by atoms with Gasteiger partial charge in [0, 0.05) is 56.7 Å². The summed E-state index contributed by atoms with van der Waals surface area (Å²) in [5.74, 6) is 0. The van der Waals surface area contributed by atoms with Crippen molar-refractivity contribution in [3.63, 3.8) is 0 Å². The van der Waals surface area contributed by atoms with Crippen molar-refractivity contribution in [2.75, 3.05) is 0 Å². The summed E-state index contributed by atoms with van der Waals surface area (Å²) in [5.41, 5.74) is 30.6. The molecule has 0 saturated carbocycles. The molecule has 2 aromatic heterocycles. The van der Waals surface area contributed by atoms with E-state index in [4.69, 9.17) is 0 Å². The van der Waals surface area contributed by atoms with Crippen molar-refractivity contribution in [1.82, 2.24) is 9.13 Å². The summed E-state index contributed by atoms with van der Waals surface area (Å²) in [6, 6.07) is 131. The predicted octanol–water partition coefficient (Wildman–Crippen LogP) is 29.8. The van der Waals surface area contributed by atoms with Crippen molar-refractivity contribution in [3.8, 4) is 100 Å². The van der Waals surface area contributed by atoms with Gasteiger partial charge in [-0.2, -0.15) is 0 Å². The largest absolute Gasteiger partial charge is 0.341 e. The molecule has 0 bridgehead atoms. The third-order valence-corrected chi connectivity index (χ3v) is 22.8. The minimum absolute atomic E-state index is 0.144. The van der Waals surface area contributed by atoms with Crippen LogP contribution in [0.3, 0.4) is 0 Å². The molecule has 0 amide bonds. The van der Waals surface area contributed by atoms with Gasteiger partial charge < -0.3 is 9.13 Å². The molecule has 0 aliphatic heterocycles. The van der Waals surface area contributed by atoms with Crippen LogP contribution in [0.25, 0.3) is 187 Å². The molecular formula is C106H86N2. The van der Waals surface area contributed by atoms with Gasteiger partial charge in [0.2, 0.25) is 0 Å². The molecule has 0 aliphatic carbocycles. The van der Waals surface area contributed by atoms with Gasteiger partial charge in [-0.1, -0.05) is 357 Å². The van der Waals surface area contributed by atoms with Crippen LogP contribution in [-0.2, 0) is 23.9 Å². The second kappa shape index (κ2) is 27.4. The Hall–Kier alpha value is -12.6. The highest BCUT2D eigenvalue weighted by atomic mass is 15.0. The van der Waals surface area contributed by atoms with Crippen LogP contribution in [0, 0.1) is 0 Å². The molecule has 0 aliphatic rings. The van der Waals surface area contributed by atoms with Crippen LogP contribution in [0.2, 0.25) is 0 Å². The highest BCUT2D eigenvalue weighted by molar-refractivity contribution is 6.23. The molecule has 17 aromatic carbocycles. The van der Waals surface area contributed by atoms with E-state index < -0.39 is 0 Å². The fourth-order valence-electron chi connectivity index (χ4n) is 17.1. The number of nitrogens with zero attached hydrogens (tertiary/aromatic N) is 2. The van der Waals surface area contributed by atoms with E-state index in [-0.39, 0.29) is 10.8 Å². The maximum absolute atomic E-state index is 2.41. The number of aromatic nitrogens is 2. The summed E-state index contributed by atoms with van der Waals surface area (Å²) in [7, 11) is 0. The van der Waals surface area contributed by atoms with Crippen LogP contribution in [0.1, 0.15) is 66.5 Å². The summed E-state index contributed by atoms with van der Waals surface area (Å²) < 4.78 is 4.83. The standard InChI is InChI=1S/C56H45N.C50H41N/c1-5-57-52-17-11-10-12-46(52)51-36-44(32-35-53(51)57)41-24-28-43(29-25-41)55-49-15-8-6-13-47(49)54(48-14-7-9-16-50(48)55)42-26-22-39(23-27-42)37-18-20-38(21-19-37)40-30-33-45(34-31-40)56(2,3)4;1-5-51-46-17-11-10-12-40(46)45-32-38(28-31-47(45)51)35-20-24-37(25-21-35)49-43-15-8-6-13-41(43)48(42-14-7-9-16-44(42)49)36-22-18-33(19-23-36)34-26-29-39(30-27-34)50(2,3)4/h6-36H,5H2,1-4H3;6-32H,5H2,1-4H3. The summed E-state index contributed by atoms with van der Waals surface area (Å²) in [4.78, 5) is 0.